The summed E-state index contributed by atoms with van der Waals surface area (Å²) >= 11 is 3.82. The Kier molecular flexibility index (Phi) is 6.07. The second-order valence-electron chi connectivity index (χ2n) is 7.63. The number of rotatable bonds is 8. The zero-order chi connectivity index (χ0) is 20.4. The molecule has 0 N–H and O–H groups in total. The fourth-order valence-electron chi connectivity index (χ4n) is 3.34. The lowest BCUT2D eigenvalue weighted by Crippen LogP contribution is -2.16. The first-order chi connectivity index (χ1) is 14.1. The summed E-state index contributed by atoms with van der Waals surface area (Å²) < 4.78 is 18.6. The predicted octanol–water partition coefficient (Wildman–Crippen LogP) is 6.43. The zero-order valence-corrected chi connectivity index (χ0v) is 18.6. The van der Waals surface area contributed by atoms with E-state index in [0.29, 0.717) is 18.4 Å². The van der Waals surface area contributed by atoms with E-state index in [4.69, 9.17) is 19.2 Å². The summed E-state index contributed by atoms with van der Waals surface area (Å²) in [5.74, 6) is 1.96. The molecule has 0 saturated heterocycles. The molecule has 4 rings (SSSR count). The number of methoxy groups -OCH3 is 1. The quantitative estimate of drug-likeness (QED) is 0.392. The number of pyridine rings is 1. The maximum absolute atomic E-state index is 6.48. The average molecular weight is 456 g/mol. The van der Waals surface area contributed by atoms with E-state index in [-0.39, 0.29) is 12.2 Å². The number of nitrogens with zero attached hydrogens (tertiary/aromatic N) is 1. The van der Waals surface area contributed by atoms with Gasteiger partial charge in [0.1, 0.15) is 18.2 Å². The first kappa shape index (κ1) is 20.2. The van der Waals surface area contributed by atoms with Gasteiger partial charge in [-0.15, -0.1) is 0 Å². The smallest absolute Gasteiger partial charge is 0.214 e. The van der Waals surface area contributed by atoms with E-state index in [0.717, 1.165) is 26.7 Å². The molecule has 1 heterocycles. The predicted molar refractivity (Wildman–Crippen MR) is 119 cm³/mol. The van der Waals surface area contributed by atoms with Crippen LogP contribution in [0.2, 0.25) is 0 Å². The van der Waals surface area contributed by atoms with Crippen molar-refractivity contribution in [2.45, 2.75) is 44.8 Å². The fraction of sp³-hybridized carbons (Fsp3) is 0.375. The number of hydrogen-bond acceptors (Lipinski definition) is 4. The van der Waals surface area contributed by atoms with Crippen LogP contribution in [-0.4, -0.2) is 24.8 Å². The molecule has 3 aromatic rings. The number of benzene rings is 2. The Morgan fingerprint density at radius 3 is 2.55 bits per heavy atom. The molecule has 1 aliphatic carbocycles. The van der Waals surface area contributed by atoms with Crippen LogP contribution in [0.5, 0.6) is 11.6 Å². The molecule has 0 bridgehead atoms. The molecule has 5 heteroatoms. The first-order valence-electron chi connectivity index (χ1n) is 10.1. The fourth-order valence-corrected chi connectivity index (χ4v) is 4.05. The molecule has 0 unspecified atom stereocenters. The molecule has 1 aromatic heterocycles. The van der Waals surface area contributed by atoms with Gasteiger partial charge in [0.15, 0.2) is 5.75 Å². The molecule has 0 amide bonds. The van der Waals surface area contributed by atoms with E-state index in [1.54, 1.807) is 7.11 Å². The summed E-state index contributed by atoms with van der Waals surface area (Å²) in [7, 11) is 1.68. The minimum Gasteiger partial charge on any atom is -0.483 e. The lowest BCUT2D eigenvalue weighted by atomic mass is 10.1. The number of ether oxygens (including phenoxy) is 3. The summed E-state index contributed by atoms with van der Waals surface area (Å²) in [6.07, 6.45) is 2.36. The molecular weight excluding hydrogens is 430 g/mol. The highest BCUT2D eigenvalue weighted by molar-refractivity contribution is 9.10. The molecule has 29 heavy (non-hydrogen) atoms. The second kappa shape index (κ2) is 8.72. The molecule has 0 aliphatic heterocycles. The topological polar surface area (TPSA) is 40.6 Å². The van der Waals surface area contributed by atoms with Crippen molar-refractivity contribution in [2.75, 3.05) is 13.7 Å². The standard InChI is InChI=1S/C24H26BrNO3/c1-15(27-3)14-28-21-12-11-19-13-20(18-9-10-18)22(25)24(23(19)26-21)29-16(2)17-7-5-4-6-8-17/h4-8,11-13,15-16,18H,9-10,14H2,1-3H3/t15-,16-/m0/s1. The highest BCUT2D eigenvalue weighted by atomic mass is 79.9. The first-order valence-corrected chi connectivity index (χ1v) is 10.9. The van der Waals surface area contributed by atoms with Crippen LogP contribution in [0.25, 0.3) is 10.9 Å². The van der Waals surface area contributed by atoms with Crippen molar-refractivity contribution in [3.63, 3.8) is 0 Å². The molecule has 0 spiro atoms. The molecule has 1 fully saturated rings. The van der Waals surface area contributed by atoms with Gasteiger partial charge in [0.05, 0.1) is 10.6 Å². The molecule has 1 saturated carbocycles. The van der Waals surface area contributed by atoms with Crippen LogP contribution in [0.1, 0.15) is 49.8 Å². The van der Waals surface area contributed by atoms with Crippen LogP contribution in [0, 0.1) is 0 Å². The van der Waals surface area contributed by atoms with E-state index in [2.05, 4.69) is 47.1 Å². The van der Waals surface area contributed by atoms with Crippen molar-refractivity contribution >= 4 is 26.8 Å². The van der Waals surface area contributed by atoms with Gasteiger partial charge in [0, 0.05) is 18.6 Å². The Morgan fingerprint density at radius 1 is 1.10 bits per heavy atom. The van der Waals surface area contributed by atoms with Crippen molar-refractivity contribution in [2.24, 2.45) is 0 Å². The van der Waals surface area contributed by atoms with Gasteiger partial charge in [0.2, 0.25) is 5.88 Å². The minimum absolute atomic E-state index is 0.00491. The molecular formula is C24H26BrNO3. The van der Waals surface area contributed by atoms with Crippen molar-refractivity contribution in [1.29, 1.82) is 0 Å². The van der Waals surface area contributed by atoms with Crippen LogP contribution in [-0.2, 0) is 4.74 Å². The van der Waals surface area contributed by atoms with Gasteiger partial charge in [-0.05, 0) is 71.8 Å². The van der Waals surface area contributed by atoms with E-state index in [9.17, 15) is 0 Å². The Balaban J connectivity index is 1.72. The van der Waals surface area contributed by atoms with Gasteiger partial charge in [-0.25, -0.2) is 4.98 Å². The highest BCUT2D eigenvalue weighted by Crippen LogP contribution is 2.49. The van der Waals surface area contributed by atoms with Crippen molar-refractivity contribution in [3.05, 3.63) is 64.1 Å². The van der Waals surface area contributed by atoms with Crippen molar-refractivity contribution in [3.8, 4) is 11.6 Å². The van der Waals surface area contributed by atoms with Gasteiger partial charge in [-0.1, -0.05) is 30.3 Å². The van der Waals surface area contributed by atoms with Gasteiger partial charge < -0.3 is 14.2 Å². The molecule has 4 nitrogen and oxygen atoms in total. The number of halogens is 1. The van der Waals surface area contributed by atoms with Gasteiger partial charge in [-0.3, -0.25) is 0 Å². The monoisotopic (exact) mass is 455 g/mol. The maximum atomic E-state index is 6.48. The lowest BCUT2D eigenvalue weighted by Gasteiger charge is -2.20. The van der Waals surface area contributed by atoms with Crippen LogP contribution >= 0.6 is 15.9 Å². The maximum Gasteiger partial charge on any atom is 0.214 e. The van der Waals surface area contributed by atoms with Crippen LogP contribution in [0.15, 0.2) is 53.0 Å². The van der Waals surface area contributed by atoms with Crippen LogP contribution < -0.4 is 9.47 Å². The largest absolute Gasteiger partial charge is 0.483 e. The van der Waals surface area contributed by atoms with E-state index in [1.807, 2.05) is 31.2 Å². The normalized spacial score (nSPS) is 15.9. The summed E-state index contributed by atoms with van der Waals surface area (Å²) in [4.78, 5) is 4.78. The Hall–Kier alpha value is -2.11. The molecule has 2 atom stereocenters. The average Bonchev–Trinajstić information content (AvgIpc) is 3.59. The third kappa shape index (κ3) is 4.57. The molecule has 0 radical (unpaired) electrons. The van der Waals surface area contributed by atoms with Crippen LogP contribution in [0.3, 0.4) is 0 Å². The summed E-state index contributed by atoms with van der Waals surface area (Å²) in [5.41, 5.74) is 3.24. The minimum atomic E-state index is -0.0926. The number of fused-ring (bicyclic) bond motifs is 1. The van der Waals surface area contributed by atoms with E-state index in [1.165, 1.54) is 18.4 Å². The third-order valence-corrected chi connectivity index (χ3v) is 6.15. The van der Waals surface area contributed by atoms with Crippen molar-refractivity contribution in [1.82, 2.24) is 4.98 Å². The summed E-state index contributed by atoms with van der Waals surface area (Å²) in [5, 5.41) is 1.07. The second-order valence-corrected chi connectivity index (χ2v) is 8.43. The lowest BCUT2D eigenvalue weighted by molar-refractivity contribution is 0.0700. The summed E-state index contributed by atoms with van der Waals surface area (Å²) in [6, 6.07) is 16.5. The van der Waals surface area contributed by atoms with E-state index < -0.39 is 0 Å². The zero-order valence-electron chi connectivity index (χ0n) is 17.0. The number of hydrogen-bond donors (Lipinski definition) is 0. The Labute approximate surface area is 180 Å². The Bertz CT molecular complexity index is 988. The highest BCUT2D eigenvalue weighted by Gasteiger charge is 2.29. The Morgan fingerprint density at radius 2 is 1.86 bits per heavy atom. The van der Waals surface area contributed by atoms with Gasteiger partial charge >= 0.3 is 0 Å². The van der Waals surface area contributed by atoms with Crippen LogP contribution in [0.4, 0.5) is 0 Å². The summed E-state index contributed by atoms with van der Waals surface area (Å²) in [6.45, 7) is 4.49. The number of aromatic nitrogens is 1. The molecule has 152 valence electrons. The third-order valence-electron chi connectivity index (χ3n) is 5.33. The van der Waals surface area contributed by atoms with Crippen molar-refractivity contribution < 1.29 is 14.2 Å². The van der Waals surface area contributed by atoms with E-state index >= 15 is 0 Å². The molecule has 2 aromatic carbocycles. The SMILES string of the molecule is CO[C@@H](C)COc1ccc2cc(C3CC3)c(Br)c(O[C@@H](C)c3ccccc3)c2n1. The molecule has 1 aliphatic rings. The van der Waals surface area contributed by atoms with Gasteiger partial charge in [0.25, 0.3) is 0 Å². The van der Waals surface area contributed by atoms with Gasteiger partial charge in [-0.2, -0.15) is 0 Å².